The van der Waals surface area contributed by atoms with Crippen LogP contribution in [0.2, 0.25) is 0 Å². The first kappa shape index (κ1) is 17.5. The van der Waals surface area contributed by atoms with E-state index in [-0.39, 0.29) is 19.7 Å². The van der Waals surface area contributed by atoms with Crippen LogP contribution in [0.1, 0.15) is 22.5 Å². The molecule has 1 amide bonds. The molecule has 0 atom stereocenters. The van der Waals surface area contributed by atoms with Crippen molar-refractivity contribution < 1.29 is 29.1 Å². The van der Waals surface area contributed by atoms with Crippen molar-refractivity contribution in [1.29, 1.82) is 0 Å². The van der Waals surface area contributed by atoms with Gasteiger partial charge in [-0.1, -0.05) is 29.8 Å². The molecular formula is C17H17N3O6. The van der Waals surface area contributed by atoms with E-state index in [1.54, 1.807) is 6.07 Å². The SMILES string of the molecule is Cc1cccc(COC(=O)C(=O)On2cnc3c2CCN(C(=O)O)C3)c1. The molecule has 1 aliphatic rings. The molecule has 9 heteroatoms. The Bertz CT molecular complexity index is 860. The molecule has 1 aromatic carbocycles. The standard InChI is InChI=1S/C17H17N3O6/c1-11-3-2-4-12(7-11)9-25-15(21)16(22)26-20-10-18-13-8-19(17(23)24)6-5-14(13)20/h2-4,7,10H,5-6,8-9H2,1H3,(H,23,24). The van der Waals surface area contributed by atoms with E-state index in [0.29, 0.717) is 17.8 Å². The first-order valence-corrected chi connectivity index (χ1v) is 7.92. The minimum Gasteiger partial charge on any atom is -0.465 e. The molecule has 2 aromatic rings. The number of carboxylic acid groups (broad SMARTS) is 1. The van der Waals surface area contributed by atoms with Crippen LogP contribution in [0, 0.1) is 6.92 Å². The fourth-order valence-corrected chi connectivity index (χ4v) is 2.66. The molecule has 0 fully saturated rings. The lowest BCUT2D eigenvalue weighted by Gasteiger charge is -2.23. The summed E-state index contributed by atoms with van der Waals surface area (Å²) in [6.07, 6.45) is 0.525. The summed E-state index contributed by atoms with van der Waals surface area (Å²) < 4.78 is 6.04. The Labute approximate surface area is 148 Å². The van der Waals surface area contributed by atoms with Gasteiger partial charge in [0.2, 0.25) is 0 Å². The van der Waals surface area contributed by atoms with E-state index in [0.717, 1.165) is 15.9 Å². The van der Waals surface area contributed by atoms with E-state index in [4.69, 9.17) is 14.7 Å². The third-order valence-electron chi connectivity index (χ3n) is 3.95. The molecule has 0 saturated heterocycles. The van der Waals surface area contributed by atoms with Crippen LogP contribution < -0.4 is 4.84 Å². The van der Waals surface area contributed by atoms with Crippen molar-refractivity contribution in [2.75, 3.05) is 6.54 Å². The van der Waals surface area contributed by atoms with Crippen LogP contribution >= 0.6 is 0 Å². The second-order valence-electron chi connectivity index (χ2n) is 5.86. The van der Waals surface area contributed by atoms with Crippen LogP contribution in [0.15, 0.2) is 30.6 Å². The number of nitrogens with zero attached hydrogens (tertiary/aromatic N) is 3. The highest BCUT2D eigenvalue weighted by molar-refractivity contribution is 6.29. The van der Waals surface area contributed by atoms with E-state index in [9.17, 15) is 14.4 Å². The average Bonchev–Trinajstić information content (AvgIpc) is 3.01. The van der Waals surface area contributed by atoms with Gasteiger partial charge in [-0.15, -0.1) is 0 Å². The molecule has 0 spiro atoms. The van der Waals surface area contributed by atoms with Crippen LogP contribution in [0.4, 0.5) is 4.79 Å². The lowest BCUT2D eigenvalue weighted by Crippen LogP contribution is -2.36. The summed E-state index contributed by atoms with van der Waals surface area (Å²) in [7, 11) is 0. The first-order valence-electron chi connectivity index (χ1n) is 7.92. The van der Waals surface area contributed by atoms with Crippen molar-refractivity contribution in [2.45, 2.75) is 26.5 Å². The lowest BCUT2D eigenvalue weighted by molar-refractivity contribution is -0.168. The molecule has 2 heterocycles. The Morgan fingerprint density at radius 3 is 2.81 bits per heavy atom. The third-order valence-corrected chi connectivity index (χ3v) is 3.95. The minimum atomic E-state index is -1.17. The fraction of sp³-hybridized carbons (Fsp3) is 0.294. The van der Waals surface area contributed by atoms with Gasteiger partial charge in [0, 0.05) is 13.0 Å². The molecule has 3 rings (SSSR count). The topological polar surface area (TPSA) is 111 Å². The van der Waals surface area contributed by atoms with Gasteiger partial charge in [0.25, 0.3) is 0 Å². The van der Waals surface area contributed by atoms with Gasteiger partial charge in [-0.2, -0.15) is 4.73 Å². The maximum Gasteiger partial charge on any atom is 0.442 e. The van der Waals surface area contributed by atoms with E-state index in [1.165, 1.54) is 11.2 Å². The van der Waals surface area contributed by atoms with Gasteiger partial charge in [0.1, 0.15) is 12.9 Å². The molecule has 136 valence electrons. The molecule has 0 bridgehead atoms. The maximum atomic E-state index is 11.9. The minimum absolute atomic E-state index is 0.0365. The summed E-state index contributed by atoms with van der Waals surface area (Å²) in [6, 6.07) is 7.37. The average molecular weight is 359 g/mol. The quantitative estimate of drug-likeness (QED) is 0.641. The largest absolute Gasteiger partial charge is 0.465 e. The predicted octanol–water partition coefficient (Wildman–Crippen LogP) is 0.926. The predicted molar refractivity (Wildman–Crippen MR) is 86.9 cm³/mol. The van der Waals surface area contributed by atoms with E-state index in [1.807, 2.05) is 25.1 Å². The summed E-state index contributed by atoms with van der Waals surface area (Å²) >= 11 is 0. The Morgan fingerprint density at radius 2 is 2.08 bits per heavy atom. The second-order valence-corrected chi connectivity index (χ2v) is 5.86. The molecule has 9 nitrogen and oxygen atoms in total. The number of fused-ring (bicyclic) bond motifs is 1. The number of aryl methyl sites for hydroxylation is 1. The summed E-state index contributed by atoms with van der Waals surface area (Å²) in [5, 5.41) is 9.00. The summed E-state index contributed by atoms with van der Waals surface area (Å²) in [6.45, 7) is 2.23. The summed E-state index contributed by atoms with van der Waals surface area (Å²) in [5.74, 6) is -2.28. The lowest BCUT2D eigenvalue weighted by atomic mass is 10.1. The fourth-order valence-electron chi connectivity index (χ4n) is 2.66. The van der Waals surface area contributed by atoms with Crippen molar-refractivity contribution in [3.63, 3.8) is 0 Å². The number of aromatic nitrogens is 2. The van der Waals surface area contributed by atoms with Gasteiger partial charge >= 0.3 is 18.0 Å². The highest BCUT2D eigenvalue weighted by Gasteiger charge is 2.27. The Kier molecular flexibility index (Phi) is 4.87. The number of esters is 1. The highest BCUT2D eigenvalue weighted by Crippen LogP contribution is 2.17. The summed E-state index contributed by atoms with van der Waals surface area (Å²) in [4.78, 5) is 45.0. The highest BCUT2D eigenvalue weighted by atomic mass is 16.7. The number of hydrogen-bond donors (Lipinski definition) is 1. The van der Waals surface area contributed by atoms with Gasteiger partial charge in [-0.25, -0.2) is 19.4 Å². The Hall–Kier alpha value is -3.36. The number of hydrogen-bond acceptors (Lipinski definition) is 6. The van der Waals surface area contributed by atoms with Gasteiger partial charge in [-0.05, 0) is 12.5 Å². The van der Waals surface area contributed by atoms with E-state index < -0.39 is 18.0 Å². The molecule has 0 saturated carbocycles. The molecule has 1 aliphatic heterocycles. The monoisotopic (exact) mass is 359 g/mol. The molecule has 26 heavy (non-hydrogen) atoms. The summed E-state index contributed by atoms with van der Waals surface area (Å²) in [5.41, 5.74) is 2.82. The van der Waals surface area contributed by atoms with Gasteiger partial charge < -0.3 is 19.6 Å². The molecule has 1 N–H and O–H groups in total. The third kappa shape index (κ3) is 3.82. The number of carbonyl (C=O) groups excluding carboxylic acids is 2. The number of imidazole rings is 1. The Balaban J connectivity index is 1.58. The molecule has 0 aliphatic carbocycles. The zero-order chi connectivity index (χ0) is 18.7. The number of ether oxygens (including phenoxy) is 1. The van der Waals surface area contributed by atoms with E-state index in [2.05, 4.69) is 4.98 Å². The Morgan fingerprint density at radius 1 is 1.27 bits per heavy atom. The maximum absolute atomic E-state index is 11.9. The smallest absolute Gasteiger partial charge is 0.442 e. The van der Waals surface area contributed by atoms with Crippen LogP contribution in [0.25, 0.3) is 0 Å². The zero-order valence-electron chi connectivity index (χ0n) is 14.0. The van der Waals surface area contributed by atoms with Crippen LogP contribution in [-0.4, -0.2) is 44.3 Å². The van der Waals surface area contributed by atoms with Crippen molar-refractivity contribution in [3.8, 4) is 0 Å². The molecule has 1 aromatic heterocycles. The van der Waals surface area contributed by atoms with Gasteiger partial charge in [-0.3, -0.25) is 0 Å². The van der Waals surface area contributed by atoms with Gasteiger partial charge in [0.15, 0.2) is 0 Å². The van der Waals surface area contributed by atoms with Crippen LogP contribution in [0.5, 0.6) is 0 Å². The zero-order valence-corrected chi connectivity index (χ0v) is 14.0. The van der Waals surface area contributed by atoms with Crippen molar-refractivity contribution in [2.24, 2.45) is 0 Å². The number of carbonyl (C=O) groups is 3. The number of amides is 1. The van der Waals surface area contributed by atoms with Crippen molar-refractivity contribution in [3.05, 3.63) is 53.1 Å². The van der Waals surface area contributed by atoms with Crippen molar-refractivity contribution in [1.82, 2.24) is 14.6 Å². The second kappa shape index (κ2) is 7.26. The normalized spacial score (nSPS) is 13.0. The van der Waals surface area contributed by atoms with Gasteiger partial charge in [0.05, 0.1) is 17.9 Å². The van der Waals surface area contributed by atoms with Crippen LogP contribution in [-0.2, 0) is 33.9 Å². The van der Waals surface area contributed by atoms with Crippen LogP contribution in [0.3, 0.4) is 0 Å². The van der Waals surface area contributed by atoms with Crippen molar-refractivity contribution >= 4 is 18.0 Å². The van der Waals surface area contributed by atoms with E-state index >= 15 is 0 Å². The molecule has 0 radical (unpaired) electrons. The molecular weight excluding hydrogens is 342 g/mol. The first-order chi connectivity index (χ1) is 12.4. The molecule has 0 unspecified atom stereocenters. The number of rotatable bonds is 3. The number of benzene rings is 1.